The Balaban J connectivity index is 1.99. The second-order valence-electron chi connectivity index (χ2n) is 5.87. The first-order chi connectivity index (χ1) is 13.3. The lowest BCUT2D eigenvalue weighted by Gasteiger charge is -2.14. The van der Waals surface area contributed by atoms with Gasteiger partial charge in [0.05, 0.1) is 10.6 Å². The van der Waals surface area contributed by atoms with Gasteiger partial charge < -0.3 is 5.32 Å². The van der Waals surface area contributed by atoms with E-state index in [2.05, 4.69) is 5.32 Å². The van der Waals surface area contributed by atoms with Crippen molar-refractivity contribution in [3.8, 4) is 0 Å². The Labute approximate surface area is 164 Å². The van der Waals surface area contributed by atoms with Gasteiger partial charge in [-0.15, -0.1) is 11.8 Å². The fourth-order valence-corrected chi connectivity index (χ4v) is 3.32. The van der Waals surface area contributed by atoms with E-state index < -0.39 is 0 Å². The van der Waals surface area contributed by atoms with Gasteiger partial charge in [-0.1, -0.05) is 84.9 Å². The molecule has 0 amide bonds. The zero-order valence-electron chi connectivity index (χ0n) is 15.1. The number of thioether (sulfide) groups is 1. The van der Waals surface area contributed by atoms with Crippen LogP contribution in [-0.2, 0) is 4.79 Å². The van der Waals surface area contributed by atoms with E-state index in [-0.39, 0.29) is 5.78 Å². The minimum Gasteiger partial charge on any atom is -0.350 e. The van der Waals surface area contributed by atoms with Crippen molar-refractivity contribution in [3.63, 3.8) is 0 Å². The lowest BCUT2D eigenvalue weighted by molar-refractivity contribution is -0.109. The summed E-state index contributed by atoms with van der Waals surface area (Å²) in [5.74, 6) is -0.0298. The van der Waals surface area contributed by atoms with E-state index in [9.17, 15) is 4.79 Å². The van der Waals surface area contributed by atoms with Crippen molar-refractivity contribution in [2.45, 2.75) is 0 Å². The first-order valence-corrected chi connectivity index (χ1v) is 9.93. The van der Waals surface area contributed by atoms with Gasteiger partial charge in [0.15, 0.2) is 5.78 Å². The fourth-order valence-electron chi connectivity index (χ4n) is 2.68. The largest absolute Gasteiger partial charge is 0.350 e. The standard InChI is InChI=1S/C24H21NOS/c1-27-24(25-21-15-9-4-10-16-21)23(20-13-7-3-8-14-20)22(26)18-17-19-11-5-2-6-12-19/h2-18,25H,1H3/b18-17+,24-23-. The van der Waals surface area contributed by atoms with Crippen molar-refractivity contribution >= 4 is 34.9 Å². The normalized spacial score (nSPS) is 11.9. The van der Waals surface area contributed by atoms with Gasteiger partial charge >= 0.3 is 0 Å². The first-order valence-electron chi connectivity index (χ1n) is 8.71. The van der Waals surface area contributed by atoms with Crippen molar-refractivity contribution in [2.24, 2.45) is 0 Å². The SMILES string of the molecule is CS/C(Nc1ccccc1)=C(\C(=O)/C=C/c1ccccc1)c1ccccc1. The highest BCUT2D eigenvalue weighted by Crippen LogP contribution is 2.28. The second-order valence-corrected chi connectivity index (χ2v) is 6.69. The third kappa shape index (κ3) is 5.22. The van der Waals surface area contributed by atoms with Gasteiger partial charge in [0, 0.05) is 5.69 Å². The molecule has 0 aliphatic carbocycles. The van der Waals surface area contributed by atoms with Crippen LogP contribution in [0.25, 0.3) is 11.6 Å². The van der Waals surface area contributed by atoms with Crippen LogP contribution in [-0.4, -0.2) is 12.0 Å². The number of hydrogen-bond donors (Lipinski definition) is 1. The molecule has 0 heterocycles. The Morgan fingerprint density at radius 3 is 1.96 bits per heavy atom. The van der Waals surface area contributed by atoms with Crippen molar-refractivity contribution in [3.05, 3.63) is 113 Å². The minimum absolute atomic E-state index is 0.0298. The van der Waals surface area contributed by atoms with E-state index in [1.807, 2.05) is 103 Å². The van der Waals surface area contributed by atoms with Crippen LogP contribution in [0.3, 0.4) is 0 Å². The van der Waals surface area contributed by atoms with E-state index >= 15 is 0 Å². The maximum Gasteiger partial charge on any atom is 0.189 e. The lowest BCUT2D eigenvalue weighted by atomic mass is 10.0. The number of allylic oxidation sites excluding steroid dienone is 2. The number of anilines is 1. The molecule has 0 aromatic heterocycles. The van der Waals surface area contributed by atoms with E-state index in [0.717, 1.165) is 21.8 Å². The van der Waals surface area contributed by atoms with Crippen LogP contribution in [0.15, 0.2) is 102 Å². The van der Waals surface area contributed by atoms with Gasteiger partial charge in [0.2, 0.25) is 0 Å². The van der Waals surface area contributed by atoms with E-state index in [1.165, 1.54) is 11.8 Å². The third-order valence-corrected chi connectivity index (χ3v) is 4.71. The van der Waals surface area contributed by atoms with Crippen LogP contribution in [0, 0.1) is 0 Å². The molecule has 3 heteroatoms. The summed E-state index contributed by atoms with van der Waals surface area (Å²) in [5.41, 5.74) is 3.52. The topological polar surface area (TPSA) is 29.1 Å². The first kappa shape index (κ1) is 18.7. The summed E-state index contributed by atoms with van der Waals surface area (Å²) in [6, 6.07) is 29.5. The molecular weight excluding hydrogens is 350 g/mol. The molecule has 27 heavy (non-hydrogen) atoms. The monoisotopic (exact) mass is 371 g/mol. The van der Waals surface area contributed by atoms with E-state index in [1.54, 1.807) is 6.08 Å². The van der Waals surface area contributed by atoms with Gasteiger partial charge in [-0.2, -0.15) is 0 Å². The molecule has 0 aliphatic heterocycles. The molecule has 134 valence electrons. The van der Waals surface area contributed by atoms with Crippen LogP contribution in [0.5, 0.6) is 0 Å². The van der Waals surface area contributed by atoms with Crippen LogP contribution in [0.2, 0.25) is 0 Å². The van der Waals surface area contributed by atoms with Gasteiger partial charge in [-0.3, -0.25) is 4.79 Å². The average Bonchev–Trinajstić information content (AvgIpc) is 2.74. The lowest BCUT2D eigenvalue weighted by Crippen LogP contribution is -2.07. The molecule has 0 aliphatic rings. The summed E-state index contributed by atoms with van der Waals surface area (Å²) in [6.45, 7) is 0. The summed E-state index contributed by atoms with van der Waals surface area (Å²) in [4.78, 5) is 13.1. The number of ketones is 1. The fraction of sp³-hybridized carbons (Fsp3) is 0.0417. The maximum absolute atomic E-state index is 13.1. The Hall–Kier alpha value is -3.04. The minimum atomic E-state index is -0.0298. The molecule has 3 aromatic rings. The van der Waals surface area contributed by atoms with E-state index in [4.69, 9.17) is 0 Å². The van der Waals surface area contributed by atoms with Crippen LogP contribution >= 0.6 is 11.8 Å². The van der Waals surface area contributed by atoms with Crippen molar-refractivity contribution in [1.29, 1.82) is 0 Å². The maximum atomic E-state index is 13.1. The van der Waals surface area contributed by atoms with Crippen molar-refractivity contribution in [2.75, 3.05) is 11.6 Å². The predicted molar refractivity (Wildman–Crippen MR) is 117 cm³/mol. The summed E-state index contributed by atoms with van der Waals surface area (Å²) < 4.78 is 0. The predicted octanol–water partition coefficient (Wildman–Crippen LogP) is 6.11. The van der Waals surface area contributed by atoms with E-state index in [0.29, 0.717) is 5.57 Å². The van der Waals surface area contributed by atoms with Crippen LogP contribution < -0.4 is 5.32 Å². The second kappa shape index (κ2) is 9.60. The zero-order valence-corrected chi connectivity index (χ0v) is 15.9. The Kier molecular flexibility index (Phi) is 6.66. The summed E-state index contributed by atoms with van der Waals surface area (Å²) in [5, 5.41) is 4.22. The number of para-hydroxylation sites is 1. The molecule has 0 saturated heterocycles. The molecule has 0 fully saturated rings. The van der Waals surface area contributed by atoms with Crippen LogP contribution in [0.1, 0.15) is 11.1 Å². The quantitative estimate of drug-likeness (QED) is 0.508. The number of carbonyl (C=O) groups is 1. The van der Waals surface area contributed by atoms with Crippen molar-refractivity contribution in [1.82, 2.24) is 0 Å². The molecular formula is C24H21NOS. The third-order valence-electron chi connectivity index (χ3n) is 4.00. The molecule has 3 rings (SSSR count). The number of carbonyl (C=O) groups excluding carboxylic acids is 1. The summed E-state index contributed by atoms with van der Waals surface area (Å²) >= 11 is 1.53. The number of nitrogens with one attached hydrogen (secondary N) is 1. The van der Waals surface area contributed by atoms with Crippen LogP contribution in [0.4, 0.5) is 5.69 Å². The Morgan fingerprint density at radius 2 is 1.37 bits per heavy atom. The highest BCUT2D eigenvalue weighted by molar-refractivity contribution is 8.02. The molecule has 0 atom stereocenters. The van der Waals surface area contributed by atoms with Gasteiger partial charge in [0.25, 0.3) is 0 Å². The Morgan fingerprint density at radius 1 is 0.815 bits per heavy atom. The molecule has 0 unspecified atom stereocenters. The molecule has 0 spiro atoms. The highest BCUT2D eigenvalue weighted by Gasteiger charge is 2.15. The molecule has 0 radical (unpaired) electrons. The number of hydrogen-bond acceptors (Lipinski definition) is 3. The summed E-state index contributed by atoms with van der Waals surface area (Å²) in [6.07, 6.45) is 5.47. The molecule has 3 aromatic carbocycles. The highest BCUT2D eigenvalue weighted by atomic mass is 32.2. The number of rotatable bonds is 7. The van der Waals surface area contributed by atoms with Gasteiger partial charge in [-0.25, -0.2) is 0 Å². The van der Waals surface area contributed by atoms with Gasteiger partial charge in [0.1, 0.15) is 0 Å². The molecule has 0 bridgehead atoms. The number of benzene rings is 3. The van der Waals surface area contributed by atoms with Crippen molar-refractivity contribution < 1.29 is 4.79 Å². The zero-order chi connectivity index (χ0) is 18.9. The smallest absolute Gasteiger partial charge is 0.189 e. The molecule has 0 saturated carbocycles. The van der Waals surface area contributed by atoms with Gasteiger partial charge in [-0.05, 0) is 35.6 Å². The average molecular weight is 372 g/mol. The summed E-state index contributed by atoms with van der Waals surface area (Å²) in [7, 11) is 0. The molecule has 1 N–H and O–H groups in total. The Bertz CT molecular complexity index is 932. The molecule has 2 nitrogen and oxygen atoms in total.